The molecule has 0 aromatic carbocycles. The molecule has 0 saturated carbocycles. The Hall–Kier alpha value is -1.77. The summed E-state index contributed by atoms with van der Waals surface area (Å²) in [5, 5.41) is 0. The molecule has 0 amide bonds. The molecule has 0 rings (SSSR count). The van der Waals surface area contributed by atoms with Gasteiger partial charge in [0, 0.05) is 12.8 Å². The molecule has 0 radical (unpaired) electrons. The van der Waals surface area contributed by atoms with E-state index >= 15 is 0 Å². The standard InChI is InChI=1S/C43H80NO8P/c1-6-8-10-12-14-16-18-20-21-22-23-24-26-28-30-32-34-36-43(46)52-41(40-51-53(47,48)50-38-37-44(3,4)5)39-49-42(45)35-33-31-29-27-25-19-17-15-13-11-9-7-2/h14,16,20-21,23-24,41H,6-13,15,17-19,22,25-40H2,1-5H3/p+1/b16-14+,21-20+,24-23+/t41-/m1/s1. The van der Waals surface area contributed by atoms with Crippen molar-refractivity contribution >= 4 is 19.8 Å². The Bertz CT molecular complexity index is 1010. The van der Waals surface area contributed by atoms with Gasteiger partial charge in [-0.15, -0.1) is 0 Å². The van der Waals surface area contributed by atoms with Crippen molar-refractivity contribution in [2.75, 3.05) is 47.5 Å². The van der Waals surface area contributed by atoms with Crippen molar-refractivity contribution in [1.29, 1.82) is 0 Å². The van der Waals surface area contributed by atoms with Crippen molar-refractivity contribution in [1.82, 2.24) is 0 Å². The molecule has 310 valence electrons. The maximum atomic E-state index is 12.7. The lowest BCUT2D eigenvalue weighted by atomic mass is 10.0. The highest BCUT2D eigenvalue weighted by molar-refractivity contribution is 7.47. The fraction of sp³-hybridized carbons (Fsp3) is 0.814. The van der Waals surface area contributed by atoms with Crippen molar-refractivity contribution < 1.29 is 42.1 Å². The zero-order chi connectivity index (χ0) is 39.3. The Balaban J connectivity index is 4.43. The fourth-order valence-corrected chi connectivity index (χ4v) is 6.29. The minimum Gasteiger partial charge on any atom is -0.462 e. The van der Waals surface area contributed by atoms with Crippen LogP contribution in [-0.4, -0.2) is 74.9 Å². The molecule has 0 heterocycles. The third kappa shape index (κ3) is 39.7. The molecule has 0 aromatic heterocycles. The normalized spacial score (nSPS) is 14.0. The Morgan fingerprint density at radius 1 is 0.585 bits per heavy atom. The summed E-state index contributed by atoms with van der Waals surface area (Å²) in [4.78, 5) is 35.3. The Labute approximate surface area is 325 Å². The van der Waals surface area contributed by atoms with Crippen LogP contribution in [0.1, 0.15) is 174 Å². The number of phosphoric acid groups is 1. The van der Waals surface area contributed by atoms with Gasteiger partial charge in [-0.3, -0.25) is 18.6 Å². The number of hydrogen-bond acceptors (Lipinski definition) is 7. The highest BCUT2D eigenvalue weighted by atomic mass is 31.2. The van der Waals surface area contributed by atoms with Crippen molar-refractivity contribution in [3.63, 3.8) is 0 Å². The van der Waals surface area contributed by atoms with Gasteiger partial charge in [0.05, 0.1) is 27.7 Å². The third-order valence-corrected chi connectivity index (χ3v) is 9.91. The lowest BCUT2D eigenvalue weighted by Crippen LogP contribution is -2.37. The van der Waals surface area contributed by atoms with Crippen LogP contribution in [0.3, 0.4) is 0 Å². The number of likely N-dealkylation sites (N-methyl/N-ethyl adjacent to an activating group) is 1. The molecule has 0 aliphatic heterocycles. The number of rotatable bonds is 38. The van der Waals surface area contributed by atoms with Crippen LogP contribution >= 0.6 is 7.82 Å². The van der Waals surface area contributed by atoms with E-state index in [0.29, 0.717) is 17.4 Å². The zero-order valence-corrected chi connectivity index (χ0v) is 35.6. The minimum absolute atomic E-state index is 0.0275. The van der Waals surface area contributed by atoms with E-state index in [0.717, 1.165) is 57.8 Å². The highest BCUT2D eigenvalue weighted by Gasteiger charge is 2.27. The first kappa shape index (κ1) is 51.2. The number of allylic oxidation sites excluding steroid dienone is 6. The maximum Gasteiger partial charge on any atom is 0.472 e. The molecule has 2 atom stereocenters. The number of hydrogen-bond donors (Lipinski definition) is 1. The highest BCUT2D eigenvalue weighted by Crippen LogP contribution is 2.43. The van der Waals surface area contributed by atoms with E-state index in [1.165, 1.54) is 83.5 Å². The SMILES string of the molecule is CCCCC/C=C/C/C=C/C/C=C/CCCCCCC(=O)O[C@H](COC(=O)CCCCCCCCCCCCCC)COP(=O)(O)OCC[N+](C)(C)C. The summed E-state index contributed by atoms with van der Waals surface area (Å²) < 4.78 is 34.2. The number of carbonyl (C=O) groups excluding carboxylic acids is 2. The van der Waals surface area contributed by atoms with Crippen LogP contribution in [0.2, 0.25) is 0 Å². The summed E-state index contributed by atoms with van der Waals surface area (Å²) in [7, 11) is 1.46. The van der Waals surface area contributed by atoms with E-state index in [-0.39, 0.29) is 32.0 Å². The quantitative estimate of drug-likeness (QED) is 0.0217. The molecule has 9 nitrogen and oxygen atoms in total. The number of nitrogens with zero attached hydrogens (tertiary/aromatic N) is 1. The lowest BCUT2D eigenvalue weighted by molar-refractivity contribution is -0.870. The molecule has 53 heavy (non-hydrogen) atoms. The fourth-order valence-electron chi connectivity index (χ4n) is 5.55. The van der Waals surface area contributed by atoms with Crippen molar-refractivity contribution in [3.05, 3.63) is 36.5 Å². The summed E-state index contributed by atoms with van der Waals surface area (Å²) in [6, 6.07) is 0. The van der Waals surface area contributed by atoms with Crippen LogP contribution in [0, 0.1) is 0 Å². The van der Waals surface area contributed by atoms with E-state index in [1.54, 1.807) is 0 Å². The van der Waals surface area contributed by atoms with Gasteiger partial charge in [0.2, 0.25) is 0 Å². The summed E-state index contributed by atoms with van der Waals surface area (Å²) in [5.41, 5.74) is 0. The second-order valence-electron chi connectivity index (χ2n) is 15.4. The van der Waals surface area contributed by atoms with Gasteiger partial charge in [-0.1, -0.05) is 147 Å². The molecular weight excluding hydrogens is 689 g/mol. The van der Waals surface area contributed by atoms with Crippen molar-refractivity contribution in [2.24, 2.45) is 0 Å². The van der Waals surface area contributed by atoms with E-state index in [4.69, 9.17) is 18.5 Å². The van der Waals surface area contributed by atoms with Crippen molar-refractivity contribution in [2.45, 2.75) is 180 Å². The van der Waals surface area contributed by atoms with Gasteiger partial charge in [-0.2, -0.15) is 0 Å². The molecule has 0 fully saturated rings. The molecule has 10 heteroatoms. The summed E-state index contributed by atoms with van der Waals surface area (Å²) in [5.74, 6) is -0.822. The van der Waals surface area contributed by atoms with Crippen molar-refractivity contribution in [3.8, 4) is 0 Å². The second-order valence-corrected chi connectivity index (χ2v) is 16.8. The molecule has 0 saturated heterocycles. The van der Waals surface area contributed by atoms with Crippen LogP contribution < -0.4 is 0 Å². The maximum absolute atomic E-state index is 12.7. The molecule has 0 aliphatic carbocycles. The molecule has 1 N–H and O–H groups in total. The molecule has 1 unspecified atom stereocenters. The summed E-state index contributed by atoms with van der Waals surface area (Å²) in [6.45, 7) is 4.36. The predicted molar refractivity (Wildman–Crippen MR) is 220 cm³/mol. The summed E-state index contributed by atoms with van der Waals surface area (Å²) in [6.07, 6.45) is 39.0. The van der Waals surface area contributed by atoms with Gasteiger partial charge in [0.1, 0.15) is 19.8 Å². The van der Waals surface area contributed by atoms with Gasteiger partial charge < -0.3 is 18.9 Å². The Kier molecular flexibility index (Phi) is 34.7. The van der Waals surface area contributed by atoms with Crippen LogP contribution in [0.4, 0.5) is 0 Å². The summed E-state index contributed by atoms with van der Waals surface area (Å²) >= 11 is 0. The van der Waals surface area contributed by atoms with Gasteiger partial charge in [0.25, 0.3) is 0 Å². The van der Waals surface area contributed by atoms with Gasteiger partial charge in [-0.05, 0) is 51.4 Å². The van der Waals surface area contributed by atoms with Crippen LogP contribution in [0.25, 0.3) is 0 Å². The van der Waals surface area contributed by atoms with E-state index in [2.05, 4.69) is 50.3 Å². The second kappa shape index (κ2) is 35.9. The van der Waals surface area contributed by atoms with Crippen LogP contribution in [-0.2, 0) is 32.7 Å². The first-order chi connectivity index (χ1) is 25.5. The molecule has 0 spiro atoms. The number of quaternary nitrogens is 1. The van der Waals surface area contributed by atoms with Gasteiger partial charge >= 0.3 is 19.8 Å². The first-order valence-electron chi connectivity index (χ1n) is 21.2. The Morgan fingerprint density at radius 3 is 1.55 bits per heavy atom. The molecular formula is C43H81NO8P+. The molecule has 0 aromatic rings. The Morgan fingerprint density at radius 2 is 1.02 bits per heavy atom. The number of ether oxygens (including phenoxy) is 2. The average Bonchev–Trinajstić information content (AvgIpc) is 3.10. The average molecular weight is 771 g/mol. The van der Waals surface area contributed by atoms with Crippen LogP contribution in [0.5, 0.6) is 0 Å². The topological polar surface area (TPSA) is 108 Å². The van der Waals surface area contributed by atoms with Crippen LogP contribution in [0.15, 0.2) is 36.5 Å². The molecule has 0 bridgehead atoms. The van der Waals surface area contributed by atoms with E-state index in [9.17, 15) is 19.0 Å². The van der Waals surface area contributed by atoms with Gasteiger partial charge in [-0.25, -0.2) is 4.57 Å². The van der Waals surface area contributed by atoms with E-state index in [1.807, 2.05) is 21.1 Å². The lowest BCUT2D eigenvalue weighted by Gasteiger charge is -2.24. The molecule has 0 aliphatic rings. The number of esters is 2. The number of unbranched alkanes of at least 4 members (excludes halogenated alkanes) is 18. The predicted octanol–water partition coefficient (Wildman–Crippen LogP) is 11.7. The third-order valence-electron chi connectivity index (χ3n) is 8.92. The number of carbonyl (C=O) groups is 2. The minimum atomic E-state index is -4.38. The zero-order valence-electron chi connectivity index (χ0n) is 34.7. The largest absolute Gasteiger partial charge is 0.472 e. The smallest absolute Gasteiger partial charge is 0.462 e. The number of phosphoric ester groups is 1. The van der Waals surface area contributed by atoms with Gasteiger partial charge in [0.15, 0.2) is 6.10 Å². The monoisotopic (exact) mass is 771 g/mol. The first-order valence-corrected chi connectivity index (χ1v) is 22.7. The van der Waals surface area contributed by atoms with E-state index < -0.39 is 26.5 Å².